The van der Waals surface area contributed by atoms with E-state index < -0.39 is 0 Å². The van der Waals surface area contributed by atoms with Crippen molar-refractivity contribution in [1.29, 1.82) is 0 Å². The monoisotopic (exact) mass is 762 g/mol. The number of rotatable bonds is 7. The summed E-state index contributed by atoms with van der Waals surface area (Å²) in [5.41, 5.74) is 9.10. The van der Waals surface area contributed by atoms with Crippen LogP contribution >= 0.6 is 0 Å². The van der Waals surface area contributed by atoms with E-state index in [1.165, 1.54) is 97.5 Å². The molecule has 228 valence electrons. The van der Waals surface area contributed by atoms with E-state index in [0.29, 0.717) is 11.8 Å². The number of allylic oxidation sites excluding steroid dienone is 2. The molecule has 2 unspecified atom stereocenters. The van der Waals surface area contributed by atoms with Crippen molar-refractivity contribution in [3.63, 3.8) is 0 Å². The normalized spacial score (nSPS) is 18.0. The van der Waals surface area contributed by atoms with Gasteiger partial charge in [0.05, 0.1) is 0 Å². The van der Waals surface area contributed by atoms with Gasteiger partial charge >= 0.3 is 0 Å². The fourth-order valence-corrected chi connectivity index (χ4v) is 8.49. The van der Waals surface area contributed by atoms with Crippen molar-refractivity contribution in [2.75, 3.05) is 0 Å². The van der Waals surface area contributed by atoms with Gasteiger partial charge in [0.15, 0.2) is 0 Å². The third kappa shape index (κ3) is 7.33. The van der Waals surface area contributed by atoms with Crippen LogP contribution in [-0.2, 0) is 25.8 Å². The molecule has 2 radical (unpaired) electrons. The molecular formula is C42H50HfSi-2. The maximum Gasteiger partial charge on any atom is 0.0377 e. The summed E-state index contributed by atoms with van der Waals surface area (Å²) in [6.07, 6.45) is 14.9. The molecule has 1 saturated heterocycles. The first-order chi connectivity index (χ1) is 21.2. The second-order valence-corrected chi connectivity index (χ2v) is 13.7. The van der Waals surface area contributed by atoms with E-state index in [-0.39, 0.29) is 25.8 Å². The predicted molar refractivity (Wildman–Crippen MR) is 193 cm³/mol. The van der Waals surface area contributed by atoms with Crippen molar-refractivity contribution in [2.45, 2.75) is 103 Å². The number of fused-ring (bicyclic) bond motifs is 6. The fraction of sp³-hybridized carbons (Fsp3) is 0.381. The average Bonchev–Trinajstić information content (AvgIpc) is 3.84. The van der Waals surface area contributed by atoms with Crippen LogP contribution in [0.25, 0.3) is 33.7 Å². The van der Waals surface area contributed by atoms with Gasteiger partial charge in [-0.25, -0.2) is 0 Å². The molecule has 1 aliphatic heterocycles. The van der Waals surface area contributed by atoms with E-state index in [9.17, 15) is 0 Å². The Morgan fingerprint density at radius 1 is 0.659 bits per heavy atom. The van der Waals surface area contributed by atoms with Gasteiger partial charge in [-0.15, -0.1) is 11.8 Å². The number of hydrogen-bond donors (Lipinski definition) is 0. The van der Waals surface area contributed by atoms with Crippen molar-refractivity contribution >= 4 is 43.2 Å². The van der Waals surface area contributed by atoms with Gasteiger partial charge in [0.25, 0.3) is 0 Å². The molecule has 44 heavy (non-hydrogen) atoms. The van der Waals surface area contributed by atoms with Crippen molar-refractivity contribution in [2.24, 2.45) is 0 Å². The van der Waals surface area contributed by atoms with Crippen LogP contribution in [0.1, 0.15) is 113 Å². The van der Waals surface area contributed by atoms with Gasteiger partial charge in [0.1, 0.15) is 0 Å². The summed E-state index contributed by atoms with van der Waals surface area (Å²) in [4.78, 5) is 0. The molecule has 4 aromatic carbocycles. The number of benzene rings is 4. The number of hydrogen-bond acceptors (Lipinski definition) is 0. The Labute approximate surface area is 289 Å². The third-order valence-corrected chi connectivity index (χ3v) is 10.9. The molecule has 0 N–H and O–H groups in total. The summed E-state index contributed by atoms with van der Waals surface area (Å²) in [5, 5.41) is 5.48. The van der Waals surface area contributed by atoms with Gasteiger partial charge in [-0.2, -0.15) is 12.8 Å². The van der Waals surface area contributed by atoms with Crippen LogP contribution in [0.3, 0.4) is 0 Å². The summed E-state index contributed by atoms with van der Waals surface area (Å²) in [7, 11) is 1.31. The van der Waals surface area contributed by atoms with E-state index in [2.05, 4.69) is 120 Å². The molecule has 7 rings (SSSR count). The summed E-state index contributed by atoms with van der Waals surface area (Å²) in [6, 6.07) is 30.3. The zero-order valence-corrected chi connectivity index (χ0v) is 32.1. The van der Waals surface area contributed by atoms with E-state index in [0.717, 1.165) is 19.3 Å². The minimum Gasteiger partial charge on any atom is -0.343 e. The van der Waals surface area contributed by atoms with Crippen LogP contribution in [0.15, 0.2) is 83.9 Å². The van der Waals surface area contributed by atoms with Crippen LogP contribution < -0.4 is 0 Å². The molecule has 0 bridgehead atoms. The van der Waals surface area contributed by atoms with Crippen LogP contribution in [0.5, 0.6) is 0 Å². The molecule has 4 aromatic rings. The molecular weight excluding hydrogens is 711 g/mol. The maximum atomic E-state index is 3.60. The van der Waals surface area contributed by atoms with Crippen molar-refractivity contribution in [3.05, 3.63) is 119 Å². The Morgan fingerprint density at radius 2 is 1.11 bits per heavy atom. The molecule has 0 nitrogen and oxygen atoms in total. The minimum absolute atomic E-state index is 0. The van der Waals surface area contributed by atoms with Gasteiger partial charge < -0.3 is 6.92 Å². The summed E-state index contributed by atoms with van der Waals surface area (Å²) < 4.78 is 0. The molecule has 2 aliphatic carbocycles. The van der Waals surface area contributed by atoms with E-state index in [4.69, 9.17) is 0 Å². The van der Waals surface area contributed by atoms with Crippen LogP contribution in [0.4, 0.5) is 0 Å². The van der Waals surface area contributed by atoms with Gasteiger partial charge in [0, 0.05) is 35.4 Å². The third-order valence-electron chi connectivity index (χ3n) is 9.44. The Bertz CT molecular complexity index is 1450. The Kier molecular flexibility index (Phi) is 13.5. The number of unbranched alkanes of at least 4 members (excludes halogenated alkanes) is 1. The van der Waals surface area contributed by atoms with Crippen molar-refractivity contribution in [1.82, 2.24) is 0 Å². The first kappa shape index (κ1) is 34.8. The van der Waals surface area contributed by atoms with Gasteiger partial charge in [-0.05, 0) is 45.5 Å². The quantitative estimate of drug-likeness (QED) is 0.130. The summed E-state index contributed by atoms with van der Waals surface area (Å²) in [5.74, 6) is 2.54. The second kappa shape index (κ2) is 17.0. The second-order valence-electron chi connectivity index (χ2n) is 12.2. The SMILES string of the molecule is C1CC[Si]C1.CCC[C-](C1C(CC)=Cc2c1ccc1ccccc21)C1C(CC)=Cc2c1ccc1ccccc21.[CH2-]CCC.[Hf]. The molecule has 2 heteroatoms. The van der Waals surface area contributed by atoms with E-state index in [1.54, 1.807) is 17.1 Å². The summed E-state index contributed by atoms with van der Waals surface area (Å²) >= 11 is 0. The van der Waals surface area contributed by atoms with Crippen LogP contribution in [-0.4, -0.2) is 9.52 Å². The van der Waals surface area contributed by atoms with Gasteiger partial charge in [0.2, 0.25) is 0 Å². The van der Waals surface area contributed by atoms with Crippen molar-refractivity contribution in [3.8, 4) is 0 Å². The average molecular weight is 761 g/mol. The molecule has 0 aromatic heterocycles. The molecule has 0 spiro atoms. The Balaban J connectivity index is 0.000000386. The standard InChI is InChI=1S/C34H33.C4H8Si.C4H9.Hf/c1-4-11-30(33-22(5-2)20-31-26-14-9-7-12-24(26)16-18-28(31)33)34-23(6-3)21-32-27-15-10-8-13-25(27)17-19-29(32)34;1-2-4-5-3-1;1-3-4-2;/h7-10,12-21,33-34H,4-6,11H2,1-3H3;1-4H2;1,3-4H2,2H3;/q-1;;-1;. The van der Waals surface area contributed by atoms with E-state index in [1.807, 2.05) is 0 Å². The van der Waals surface area contributed by atoms with E-state index >= 15 is 0 Å². The molecule has 0 amide bonds. The fourth-order valence-electron chi connectivity index (χ4n) is 7.24. The largest absolute Gasteiger partial charge is 0.343 e. The molecule has 1 heterocycles. The zero-order valence-electron chi connectivity index (χ0n) is 27.5. The topological polar surface area (TPSA) is 0 Å². The zero-order chi connectivity index (χ0) is 30.2. The van der Waals surface area contributed by atoms with Crippen molar-refractivity contribution < 1.29 is 25.8 Å². The maximum absolute atomic E-state index is 3.60. The molecule has 2 atom stereocenters. The van der Waals surface area contributed by atoms with Crippen LogP contribution in [0.2, 0.25) is 12.1 Å². The Hall–Kier alpha value is -2.03. The van der Waals surface area contributed by atoms with Gasteiger partial charge in [-0.1, -0.05) is 173 Å². The minimum atomic E-state index is 0. The van der Waals surface area contributed by atoms with Gasteiger partial charge in [-0.3, -0.25) is 5.92 Å². The molecule has 1 fully saturated rings. The first-order valence-corrected chi connectivity index (χ1v) is 18.4. The summed E-state index contributed by atoms with van der Waals surface area (Å²) in [6.45, 7) is 12.7. The Morgan fingerprint density at radius 3 is 1.48 bits per heavy atom. The smallest absolute Gasteiger partial charge is 0.0377 e. The first-order valence-electron chi connectivity index (χ1n) is 17.0. The molecule has 0 saturated carbocycles. The van der Waals surface area contributed by atoms with Crippen LogP contribution in [0, 0.1) is 12.8 Å². The predicted octanol–water partition coefficient (Wildman–Crippen LogP) is 12.8. The molecule has 3 aliphatic rings.